The highest BCUT2D eigenvalue weighted by atomic mass is 35.5. The number of amides is 1. The molecule has 0 saturated carbocycles. The molecule has 1 saturated heterocycles. The van der Waals surface area contributed by atoms with Gasteiger partial charge in [0.15, 0.2) is 0 Å². The topological polar surface area (TPSA) is 104 Å². The van der Waals surface area contributed by atoms with Gasteiger partial charge in [-0.15, -0.1) is 0 Å². The van der Waals surface area contributed by atoms with Crippen LogP contribution < -0.4 is 9.03 Å². The smallest absolute Gasteiger partial charge is 0.242 e. The molecule has 1 aliphatic heterocycles. The van der Waals surface area contributed by atoms with E-state index >= 15 is 0 Å². The molecule has 0 bridgehead atoms. The zero-order valence-electron chi connectivity index (χ0n) is 17.4. The molecule has 1 N–H and O–H groups in total. The van der Waals surface area contributed by atoms with Gasteiger partial charge in [0.1, 0.15) is 0 Å². The van der Waals surface area contributed by atoms with Crippen LogP contribution in [0.2, 0.25) is 5.02 Å². The van der Waals surface area contributed by atoms with E-state index in [1.54, 1.807) is 19.1 Å². The van der Waals surface area contributed by atoms with E-state index in [2.05, 4.69) is 4.72 Å². The van der Waals surface area contributed by atoms with Crippen molar-refractivity contribution < 1.29 is 21.6 Å². The second kappa shape index (κ2) is 8.87. The molecular weight excluding hydrogens is 462 g/mol. The summed E-state index contributed by atoms with van der Waals surface area (Å²) in [7, 11) is -4.09. The van der Waals surface area contributed by atoms with Gasteiger partial charge in [0.25, 0.3) is 0 Å². The molecule has 0 unspecified atom stereocenters. The summed E-state index contributed by atoms with van der Waals surface area (Å²) in [6.07, 6.45) is -0.123. The standard InChI is InChI=1S/C20H24ClN3O5S2/c1-14-4-9-17(24-20(25)10-11-30(24,26)27)12-19(14)31(28,29)22-13-18(23(2)3)15-5-7-16(21)8-6-15/h4-9,12,18,22H,10-11,13H2,1-3H3/t18-/m1/s1. The van der Waals surface area contributed by atoms with Crippen molar-refractivity contribution in [3.8, 4) is 0 Å². The molecular formula is C20H24ClN3O5S2. The van der Waals surface area contributed by atoms with Gasteiger partial charge in [0.2, 0.25) is 26.0 Å². The van der Waals surface area contributed by atoms with E-state index in [4.69, 9.17) is 11.6 Å². The second-order valence-electron chi connectivity index (χ2n) is 7.56. The van der Waals surface area contributed by atoms with Crippen molar-refractivity contribution in [1.82, 2.24) is 9.62 Å². The largest absolute Gasteiger partial charge is 0.301 e. The lowest BCUT2D eigenvalue weighted by atomic mass is 10.1. The van der Waals surface area contributed by atoms with Crippen LogP contribution in [-0.4, -0.2) is 54.0 Å². The molecule has 1 aliphatic rings. The van der Waals surface area contributed by atoms with Crippen LogP contribution in [0.5, 0.6) is 0 Å². The first-order chi connectivity index (χ1) is 14.4. The quantitative estimate of drug-likeness (QED) is 0.645. The van der Waals surface area contributed by atoms with Crippen LogP contribution in [0.25, 0.3) is 0 Å². The van der Waals surface area contributed by atoms with Crippen molar-refractivity contribution in [1.29, 1.82) is 0 Å². The van der Waals surface area contributed by atoms with E-state index in [0.717, 1.165) is 5.56 Å². The van der Waals surface area contributed by atoms with Gasteiger partial charge in [0.05, 0.1) is 16.3 Å². The average molecular weight is 486 g/mol. The molecule has 0 aromatic heterocycles. The van der Waals surface area contributed by atoms with E-state index < -0.39 is 26.0 Å². The number of carbonyl (C=O) groups is 1. The van der Waals surface area contributed by atoms with Gasteiger partial charge in [-0.2, -0.15) is 0 Å². The third-order valence-corrected chi connectivity index (χ3v) is 8.63. The van der Waals surface area contributed by atoms with Crippen LogP contribution in [0.1, 0.15) is 23.6 Å². The van der Waals surface area contributed by atoms with Crippen LogP contribution in [0.15, 0.2) is 47.4 Å². The third-order valence-electron chi connectivity index (χ3n) is 5.12. The lowest BCUT2D eigenvalue weighted by molar-refractivity contribution is -0.116. The first-order valence-corrected chi connectivity index (χ1v) is 13.0. The summed E-state index contributed by atoms with van der Waals surface area (Å²) in [4.78, 5) is 13.9. The maximum absolute atomic E-state index is 13.1. The maximum Gasteiger partial charge on any atom is 0.242 e. The molecule has 2 aromatic rings. The molecule has 3 rings (SSSR count). The van der Waals surface area contributed by atoms with Crippen LogP contribution in [0, 0.1) is 6.92 Å². The molecule has 1 atom stereocenters. The summed E-state index contributed by atoms with van der Waals surface area (Å²) in [6, 6.07) is 11.0. The van der Waals surface area contributed by atoms with Crippen LogP contribution in [-0.2, 0) is 24.8 Å². The Balaban J connectivity index is 1.89. The second-order valence-corrected chi connectivity index (χ2v) is 11.7. The SMILES string of the molecule is Cc1ccc(N2C(=O)CCS2(=O)=O)cc1S(=O)(=O)NC[C@H](c1ccc(Cl)cc1)N(C)C. The van der Waals surface area contributed by atoms with Crippen molar-refractivity contribution in [3.05, 3.63) is 58.6 Å². The number of nitrogens with zero attached hydrogens (tertiary/aromatic N) is 2. The molecule has 0 aliphatic carbocycles. The lowest BCUT2D eigenvalue weighted by Gasteiger charge is -2.25. The number of anilines is 1. The Kier molecular flexibility index (Phi) is 6.78. The number of carbonyl (C=O) groups excluding carboxylic acids is 1. The normalized spacial score (nSPS) is 17.3. The van der Waals surface area contributed by atoms with Crippen molar-refractivity contribution in [3.63, 3.8) is 0 Å². The first-order valence-electron chi connectivity index (χ1n) is 9.50. The van der Waals surface area contributed by atoms with Gasteiger partial charge >= 0.3 is 0 Å². The monoisotopic (exact) mass is 485 g/mol. The summed E-state index contributed by atoms with van der Waals surface area (Å²) in [5.41, 5.74) is 1.35. The molecule has 31 heavy (non-hydrogen) atoms. The minimum atomic E-state index is -3.98. The lowest BCUT2D eigenvalue weighted by Crippen LogP contribution is -2.35. The number of hydrogen-bond donors (Lipinski definition) is 1. The molecule has 11 heteroatoms. The number of nitrogens with one attached hydrogen (secondary N) is 1. The number of hydrogen-bond acceptors (Lipinski definition) is 6. The number of likely N-dealkylation sites (N-methyl/N-ethyl adjacent to an activating group) is 1. The van der Waals surface area contributed by atoms with Crippen molar-refractivity contribution in [2.75, 3.05) is 30.7 Å². The number of aryl methyl sites for hydroxylation is 1. The van der Waals surface area contributed by atoms with Crippen molar-refractivity contribution in [2.45, 2.75) is 24.3 Å². The van der Waals surface area contributed by atoms with E-state index in [1.165, 1.54) is 18.2 Å². The van der Waals surface area contributed by atoms with Crippen molar-refractivity contribution >= 4 is 43.2 Å². The van der Waals surface area contributed by atoms with E-state index in [0.29, 0.717) is 14.9 Å². The minimum Gasteiger partial charge on any atom is -0.301 e. The predicted octanol–water partition coefficient (Wildman–Crippen LogP) is 2.30. The highest BCUT2D eigenvalue weighted by Crippen LogP contribution is 2.29. The number of rotatable bonds is 7. The summed E-state index contributed by atoms with van der Waals surface area (Å²) >= 11 is 5.95. The Morgan fingerprint density at radius 3 is 2.35 bits per heavy atom. The fourth-order valence-electron chi connectivity index (χ4n) is 3.42. The summed E-state index contributed by atoms with van der Waals surface area (Å²) in [6.45, 7) is 1.70. The molecule has 2 aromatic carbocycles. The van der Waals surface area contributed by atoms with Gasteiger partial charge in [-0.1, -0.05) is 29.8 Å². The Labute approximate surface area is 187 Å². The number of halogens is 1. The van der Waals surface area contributed by atoms with Gasteiger partial charge in [-0.05, 0) is 56.4 Å². The number of sulfonamides is 2. The van der Waals surface area contributed by atoms with Crippen molar-refractivity contribution in [2.24, 2.45) is 0 Å². The molecule has 1 fully saturated rings. The van der Waals surface area contributed by atoms with E-state index in [1.807, 2.05) is 31.1 Å². The first kappa shape index (κ1) is 23.7. The van der Waals surface area contributed by atoms with Gasteiger partial charge < -0.3 is 4.90 Å². The highest BCUT2D eigenvalue weighted by molar-refractivity contribution is 7.94. The zero-order valence-corrected chi connectivity index (χ0v) is 19.8. The average Bonchev–Trinajstić information content (AvgIpc) is 2.96. The highest BCUT2D eigenvalue weighted by Gasteiger charge is 2.37. The Bertz CT molecular complexity index is 1200. The van der Waals surface area contributed by atoms with E-state index in [9.17, 15) is 21.6 Å². The summed E-state index contributed by atoms with van der Waals surface area (Å²) < 4.78 is 53.9. The van der Waals surface area contributed by atoms with Gasteiger partial charge in [0, 0.05) is 24.0 Å². The van der Waals surface area contributed by atoms with Crippen LogP contribution in [0.3, 0.4) is 0 Å². The zero-order chi connectivity index (χ0) is 23.0. The Hall–Kier alpha value is -1.98. The minimum absolute atomic E-state index is 0.0235. The molecule has 8 nitrogen and oxygen atoms in total. The number of benzene rings is 2. The fourth-order valence-corrected chi connectivity index (χ4v) is 6.30. The Morgan fingerprint density at radius 1 is 1.16 bits per heavy atom. The summed E-state index contributed by atoms with van der Waals surface area (Å²) in [5.74, 6) is -0.860. The molecule has 1 heterocycles. The van der Waals surface area contributed by atoms with Crippen LogP contribution >= 0.6 is 11.6 Å². The Morgan fingerprint density at radius 2 is 1.81 bits per heavy atom. The molecule has 168 valence electrons. The maximum atomic E-state index is 13.1. The molecule has 0 spiro atoms. The summed E-state index contributed by atoms with van der Waals surface area (Å²) in [5, 5.41) is 0.584. The fraction of sp³-hybridized carbons (Fsp3) is 0.350. The third kappa shape index (κ3) is 5.09. The predicted molar refractivity (Wildman–Crippen MR) is 120 cm³/mol. The van der Waals surface area contributed by atoms with Gasteiger partial charge in [-0.3, -0.25) is 4.79 Å². The van der Waals surface area contributed by atoms with Crippen LogP contribution in [0.4, 0.5) is 5.69 Å². The molecule has 0 radical (unpaired) electrons. The molecule has 1 amide bonds. The van der Waals surface area contributed by atoms with Gasteiger partial charge in [-0.25, -0.2) is 25.9 Å². The van der Waals surface area contributed by atoms with E-state index in [-0.39, 0.29) is 35.3 Å².